The van der Waals surface area contributed by atoms with Crippen LogP contribution in [0.15, 0.2) is 23.1 Å². The lowest BCUT2D eigenvalue weighted by molar-refractivity contribution is -0.112. The van der Waals surface area contributed by atoms with E-state index in [1.165, 1.54) is 19.1 Å². The Morgan fingerprint density at radius 3 is 2.73 bits per heavy atom. The van der Waals surface area contributed by atoms with Crippen LogP contribution in [0.5, 0.6) is 0 Å². The SMILES string of the molecule is CC1Nc2cccc(F)c2S(=O)(=O)C1=O. The molecule has 0 saturated heterocycles. The Balaban J connectivity index is 2.80. The minimum Gasteiger partial charge on any atom is -0.373 e. The van der Waals surface area contributed by atoms with E-state index in [1.54, 1.807) is 0 Å². The first-order valence-corrected chi connectivity index (χ1v) is 5.77. The largest absolute Gasteiger partial charge is 0.373 e. The van der Waals surface area contributed by atoms with Gasteiger partial charge in [0.1, 0.15) is 10.7 Å². The molecule has 0 aliphatic carbocycles. The van der Waals surface area contributed by atoms with Crippen LogP contribution in [0.2, 0.25) is 0 Å². The van der Waals surface area contributed by atoms with Crippen molar-refractivity contribution in [1.82, 2.24) is 0 Å². The number of sulfone groups is 1. The van der Waals surface area contributed by atoms with E-state index >= 15 is 0 Å². The van der Waals surface area contributed by atoms with Crippen LogP contribution in [0, 0.1) is 5.82 Å². The molecule has 1 N–H and O–H groups in total. The number of nitrogens with one attached hydrogen (secondary N) is 1. The Hall–Kier alpha value is -1.43. The third kappa shape index (κ3) is 1.32. The predicted molar refractivity (Wildman–Crippen MR) is 51.7 cm³/mol. The molecule has 1 aliphatic rings. The first kappa shape index (κ1) is 10.1. The lowest BCUT2D eigenvalue weighted by Crippen LogP contribution is -2.38. The van der Waals surface area contributed by atoms with Gasteiger partial charge in [-0.25, -0.2) is 12.8 Å². The minimum absolute atomic E-state index is 0.141. The highest BCUT2D eigenvalue weighted by Crippen LogP contribution is 2.31. The van der Waals surface area contributed by atoms with Gasteiger partial charge in [0.05, 0.1) is 11.7 Å². The van der Waals surface area contributed by atoms with Gasteiger partial charge in [0, 0.05) is 0 Å². The maximum absolute atomic E-state index is 13.3. The maximum Gasteiger partial charge on any atom is 0.273 e. The van der Waals surface area contributed by atoms with Crippen LogP contribution < -0.4 is 5.32 Å². The molecule has 1 unspecified atom stereocenters. The third-order valence-electron chi connectivity index (χ3n) is 2.23. The lowest BCUT2D eigenvalue weighted by Gasteiger charge is -2.22. The zero-order valence-electron chi connectivity index (χ0n) is 7.82. The zero-order valence-corrected chi connectivity index (χ0v) is 8.64. The van der Waals surface area contributed by atoms with E-state index < -0.39 is 31.7 Å². The van der Waals surface area contributed by atoms with Crippen molar-refractivity contribution in [2.45, 2.75) is 17.9 Å². The van der Waals surface area contributed by atoms with Crippen molar-refractivity contribution >= 4 is 20.6 Å². The van der Waals surface area contributed by atoms with Gasteiger partial charge in [0.15, 0.2) is 0 Å². The summed E-state index contributed by atoms with van der Waals surface area (Å²) < 4.78 is 36.5. The summed E-state index contributed by atoms with van der Waals surface area (Å²) in [6.07, 6.45) is 0. The third-order valence-corrected chi connectivity index (χ3v) is 4.06. The van der Waals surface area contributed by atoms with E-state index in [9.17, 15) is 17.6 Å². The molecule has 0 spiro atoms. The highest BCUT2D eigenvalue weighted by molar-refractivity contribution is 8.06. The molecule has 0 bridgehead atoms. The summed E-state index contributed by atoms with van der Waals surface area (Å²) in [5.41, 5.74) is 0.141. The van der Waals surface area contributed by atoms with Crippen molar-refractivity contribution in [3.8, 4) is 0 Å². The smallest absolute Gasteiger partial charge is 0.273 e. The number of hydrogen-bond donors (Lipinski definition) is 1. The molecule has 1 heterocycles. The Morgan fingerprint density at radius 1 is 1.40 bits per heavy atom. The molecule has 1 aromatic rings. The molecule has 0 saturated carbocycles. The lowest BCUT2D eigenvalue weighted by atomic mass is 10.2. The quantitative estimate of drug-likeness (QED) is 0.719. The Morgan fingerprint density at radius 2 is 2.07 bits per heavy atom. The molecule has 1 atom stereocenters. The number of rotatable bonds is 0. The number of hydrogen-bond acceptors (Lipinski definition) is 4. The van der Waals surface area contributed by atoms with Gasteiger partial charge >= 0.3 is 0 Å². The second-order valence-corrected chi connectivity index (χ2v) is 5.12. The summed E-state index contributed by atoms with van der Waals surface area (Å²) in [7, 11) is -4.18. The fourth-order valence-corrected chi connectivity index (χ4v) is 2.99. The van der Waals surface area contributed by atoms with E-state index in [-0.39, 0.29) is 5.69 Å². The average Bonchev–Trinajstić information content (AvgIpc) is 2.14. The molecule has 0 amide bonds. The van der Waals surface area contributed by atoms with Crippen molar-refractivity contribution in [3.05, 3.63) is 24.0 Å². The molecule has 1 aliphatic heterocycles. The molecule has 4 nitrogen and oxygen atoms in total. The summed E-state index contributed by atoms with van der Waals surface area (Å²) in [5, 5.41) is 1.64. The number of carbonyl (C=O) groups is 1. The molecule has 0 fully saturated rings. The van der Waals surface area contributed by atoms with Crippen LogP contribution in [-0.4, -0.2) is 19.6 Å². The maximum atomic E-state index is 13.3. The first-order chi connectivity index (χ1) is 6.94. The van der Waals surface area contributed by atoms with Gasteiger partial charge in [0.2, 0.25) is 9.84 Å². The Bertz CT molecular complexity index is 538. The molecule has 1 aromatic carbocycles. The van der Waals surface area contributed by atoms with Crippen molar-refractivity contribution in [3.63, 3.8) is 0 Å². The molecule has 0 aromatic heterocycles. The summed E-state index contributed by atoms with van der Waals surface area (Å²) in [5.74, 6) is -0.903. The first-order valence-electron chi connectivity index (χ1n) is 4.28. The van der Waals surface area contributed by atoms with E-state index in [0.29, 0.717) is 0 Å². The topological polar surface area (TPSA) is 63.2 Å². The van der Waals surface area contributed by atoms with Gasteiger partial charge in [-0.1, -0.05) is 6.07 Å². The van der Waals surface area contributed by atoms with Gasteiger partial charge in [-0.3, -0.25) is 4.79 Å². The standard InChI is InChI=1S/C9H8FNO3S/c1-5-9(12)15(13,14)8-6(10)3-2-4-7(8)11-5/h2-5,11H,1H3. The van der Waals surface area contributed by atoms with E-state index in [2.05, 4.69) is 5.32 Å². The Labute approximate surface area is 86.0 Å². The number of carbonyl (C=O) groups excluding carboxylic acids is 1. The molecular formula is C9H8FNO3S. The van der Waals surface area contributed by atoms with Crippen molar-refractivity contribution < 1.29 is 17.6 Å². The summed E-state index contributed by atoms with van der Waals surface area (Å²) in [6.45, 7) is 1.42. The van der Waals surface area contributed by atoms with Gasteiger partial charge in [-0.15, -0.1) is 0 Å². The van der Waals surface area contributed by atoms with Gasteiger partial charge in [-0.05, 0) is 19.1 Å². The summed E-state index contributed by atoms with van der Waals surface area (Å²) in [6, 6.07) is 2.99. The number of fused-ring (bicyclic) bond motifs is 1. The fourth-order valence-electron chi connectivity index (χ4n) is 1.52. The normalized spacial score (nSPS) is 23.1. The molecule has 15 heavy (non-hydrogen) atoms. The second kappa shape index (κ2) is 3.03. The number of halogens is 1. The molecule has 2 rings (SSSR count). The van der Waals surface area contributed by atoms with Crippen LogP contribution in [-0.2, 0) is 14.6 Å². The van der Waals surface area contributed by atoms with Crippen LogP contribution in [0.3, 0.4) is 0 Å². The molecular weight excluding hydrogens is 221 g/mol. The van der Waals surface area contributed by atoms with Crippen molar-refractivity contribution in [2.75, 3.05) is 5.32 Å². The molecule has 0 radical (unpaired) electrons. The highest BCUT2D eigenvalue weighted by Gasteiger charge is 2.38. The minimum atomic E-state index is -4.18. The van der Waals surface area contributed by atoms with Crippen molar-refractivity contribution in [2.24, 2.45) is 0 Å². The van der Waals surface area contributed by atoms with E-state index in [0.717, 1.165) is 6.07 Å². The average molecular weight is 229 g/mol. The number of benzene rings is 1. The van der Waals surface area contributed by atoms with E-state index in [4.69, 9.17) is 0 Å². The molecule has 80 valence electrons. The van der Waals surface area contributed by atoms with Crippen LogP contribution in [0.25, 0.3) is 0 Å². The summed E-state index contributed by atoms with van der Waals surface area (Å²) in [4.78, 5) is 10.8. The van der Waals surface area contributed by atoms with Gasteiger partial charge < -0.3 is 5.32 Å². The van der Waals surface area contributed by atoms with E-state index in [1.807, 2.05) is 0 Å². The van der Waals surface area contributed by atoms with Gasteiger partial charge in [0.25, 0.3) is 5.12 Å². The monoisotopic (exact) mass is 229 g/mol. The van der Waals surface area contributed by atoms with Crippen LogP contribution in [0.4, 0.5) is 10.1 Å². The van der Waals surface area contributed by atoms with Crippen LogP contribution in [0.1, 0.15) is 6.92 Å². The predicted octanol–water partition coefficient (Wildman–Crippen LogP) is 0.940. The van der Waals surface area contributed by atoms with Crippen molar-refractivity contribution in [1.29, 1.82) is 0 Å². The zero-order chi connectivity index (χ0) is 11.2. The second-order valence-electron chi connectivity index (χ2n) is 3.31. The molecule has 6 heteroatoms. The van der Waals surface area contributed by atoms with Gasteiger partial charge in [-0.2, -0.15) is 0 Å². The van der Waals surface area contributed by atoms with Crippen LogP contribution >= 0.6 is 0 Å². The fraction of sp³-hybridized carbons (Fsp3) is 0.222. The Kier molecular flexibility index (Phi) is 2.04. The highest BCUT2D eigenvalue weighted by atomic mass is 32.2. The summed E-state index contributed by atoms with van der Waals surface area (Å²) >= 11 is 0. The number of anilines is 1.